The molecule has 1 atom stereocenters. The van der Waals surface area contributed by atoms with Gasteiger partial charge in [-0.15, -0.1) is 0 Å². The summed E-state index contributed by atoms with van der Waals surface area (Å²) in [6.07, 6.45) is 2.86. The van der Waals surface area contributed by atoms with Gasteiger partial charge >= 0.3 is 6.09 Å². The number of nitrogens with zero attached hydrogens (tertiary/aromatic N) is 2. The van der Waals surface area contributed by atoms with E-state index in [4.69, 9.17) is 22.7 Å². The molecule has 110 valence electrons. The molecule has 0 aliphatic heterocycles. The van der Waals surface area contributed by atoms with E-state index >= 15 is 0 Å². The van der Waals surface area contributed by atoms with Crippen LogP contribution in [0, 0.1) is 0 Å². The highest BCUT2D eigenvalue weighted by atomic mass is 32.1. The third-order valence-corrected chi connectivity index (χ3v) is 2.77. The zero-order valence-corrected chi connectivity index (χ0v) is 13.1. The quantitative estimate of drug-likeness (QED) is 0.865. The number of thiocarbonyl (C=S) groups is 1. The summed E-state index contributed by atoms with van der Waals surface area (Å²) in [6.45, 7) is 7.74. The van der Waals surface area contributed by atoms with Crippen molar-refractivity contribution in [2.75, 3.05) is 6.54 Å². The first-order valence-corrected chi connectivity index (χ1v) is 6.86. The first-order valence-electron chi connectivity index (χ1n) is 6.45. The Kier molecular flexibility index (Phi) is 5.44. The zero-order valence-electron chi connectivity index (χ0n) is 12.3. The number of pyridine rings is 1. The van der Waals surface area contributed by atoms with Crippen molar-refractivity contribution in [3.63, 3.8) is 0 Å². The average Bonchev–Trinajstić information content (AvgIpc) is 2.33. The zero-order chi connectivity index (χ0) is 15.3. The monoisotopic (exact) mass is 295 g/mol. The molecule has 2 N–H and O–H groups in total. The van der Waals surface area contributed by atoms with Crippen LogP contribution in [-0.2, 0) is 4.74 Å². The van der Waals surface area contributed by atoms with E-state index in [0.717, 1.165) is 5.56 Å². The minimum absolute atomic E-state index is 0.214. The van der Waals surface area contributed by atoms with Crippen LogP contribution in [-0.4, -0.2) is 33.1 Å². The molecule has 1 aromatic rings. The Hall–Kier alpha value is -1.69. The summed E-state index contributed by atoms with van der Waals surface area (Å²) in [5, 5.41) is 0. The van der Waals surface area contributed by atoms with Crippen molar-refractivity contribution in [1.29, 1.82) is 0 Å². The van der Waals surface area contributed by atoms with Gasteiger partial charge in [-0.1, -0.05) is 18.3 Å². The van der Waals surface area contributed by atoms with Crippen molar-refractivity contribution >= 4 is 23.3 Å². The van der Waals surface area contributed by atoms with Crippen LogP contribution in [0.3, 0.4) is 0 Å². The van der Waals surface area contributed by atoms with Crippen LogP contribution in [0.4, 0.5) is 4.79 Å². The first-order chi connectivity index (χ1) is 9.26. The normalized spacial score (nSPS) is 12.6. The summed E-state index contributed by atoms with van der Waals surface area (Å²) in [7, 11) is 0. The molecule has 1 amide bonds. The van der Waals surface area contributed by atoms with Crippen molar-refractivity contribution in [3.8, 4) is 0 Å². The molecule has 1 heterocycles. The van der Waals surface area contributed by atoms with Gasteiger partial charge in [-0.05, 0) is 39.3 Å². The summed E-state index contributed by atoms with van der Waals surface area (Å²) in [4.78, 5) is 18.0. The fraction of sp³-hybridized carbons (Fsp3) is 0.500. The second kappa shape index (κ2) is 6.65. The third kappa shape index (κ3) is 4.45. The minimum atomic E-state index is -0.569. The van der Waals surface area contributed by atoms with E-state index in [2.05, 4.69) is 4.98 Å². The van der Waals surface area contributed by atoms with Gasteiger partial charge in [-0.25, -0.2) is 4.79 Å². The number of hydrogen-bond acceptors (Lipinski definition) is 4. The van der Waals surface area contributed by atoms with Gasteiger partial charge in [-0.3, -0.25) is 9.88 Å². The lowest BCUT2D eigenvalue weighted by atomic mass is 10.1. The van der Waals surface area contributed by atoms with Crippen LogP contribution in [0.1, 0.15) is 39.3 Å². The minimum Gasteiger partial charge on any atom is -0.444 e. The van der Waals surface area contributed by atoms with Crippen molar-refractivity contribution in [2.24, 2.45) is 5.73 Å². The van der Waals surface area contributed by atoms with Gasteiger partial charge in [-0.2, -0.15) is 0 Å². The number of hydrogen-bond donors (Lipinski definition) is 1. The van der Waals surface area contributed by atoms with Gasteiger partial charge in [0.05, 0.1) is 0 Å². The molecule has 0 unspecified atom stereocenters. The number of likely N-dealkylation sites (N-methyl/N-ethyl adjacent to an activating group) is 1. The van der Waals surface area contributed by atoms with Gasteiger partial charge < -0.3 is 10.5 Å². The van der Waals surface area contributed by atoms with Crippen LogP contribution in [0.15, 0.2) is 24.5 Å². The second-order valence-corrected chi connectivity index (χ2v) is 5.83. The number of nitrogens with two attached hydrogens (primary N) is 1. The molecular weight excluding hydrogens is 274 g/mol. The molecule has 1 rings (SSSR count). The maximum absolute atomic E-state index is 12.3. The van der Waals surface area contributed by atoms with Gasteiger partial charge in [0, 0.05) is 18.9 Å². The summed E-state index contributed by atoms with van der Waals surface area (Å²) >= 11 is 5.10. The highest BCUT2D eigenvalue weighted by Crippen LogP contribution is 2.23. The largest absolute Gasteiger partial charge is 0.444 e. The molecule has 0 fully saturated rings. The van der Waals surface area contributed by atoms with Crippen LogP contribution in [0.25, 0.3) is 0 Å². The molecule has 0 saturated heterocycles. The standard InChI is InChI=1S/C14H21N3O2S/c1-5-17(13(18)19-14(2,3)4)11(12(15)20)10-7-6-8-16-9-10/h6-9,11H,5H2,1-4H3,(H2,15,20)/t11-/m1/s1. The number of rotatable bonds is 4. The van der Waals surface area contributed by atoms with Crippen LogP contribution >= 0.6 is 12.2 Å². The molecule has 5 nitrogen and oxygen atoms in total. The molecule has 0 saturated carbocycles. The average molecular weight is 295 g/mol. The Morgan fingerprint density at radius 1 is 1.55 bits per heavy atom. The summed E-state index contributed by atoms with van der Waals surface area (Å²) in [5.74, 6) is 0. The van der Waals surface area contributed by atoms with Crippen LogP contribution < -0.4 is 5.73 Å². The summed E-state index contributed by atoms with van der Waals surface area (Å²) in [5.41, 5.74) is 6.00. The fourth-order valence-corrected chi connectivity index (χ4v) is 2.04. The number of amides is 1. The van der Waals surface area contributed by atoms with Gasteiger partial charge in [0.1, 0.15) is 16.6 Å². The first kappa shape index (κ1) is 16.4. The van der Waals surface area contributed by atoms with Crippen molar-refractivity contribution in [3.05, 3.63) is 30.1 Å². The molecule has 0 spiro atoms. The Balaban J connectivity index is 3.05. The Bertz CT molecular complexity index is 471. The van der Waals surface area contributed by atoms with Crippen LogP contribution in [0.5, 0.6) is 0 Å². The number of ether oxygens (including phenoxy) is 1. The maximum Gasteiger partial charge on any atom is 0.411 e. The Morgan fingerprint density at radius 3 is 2.60 bits per heavy atom. The molecule has 1 aromatic heterocycles. The van der Waals surface area contributed by atoms with E-state index in [9.17, 15) is 4.79 Å². The van der Waals surface area contributed by atoms with Crippen molar-refractivity contribution in [2.45, 2.75) is 39.3 Å². The molecule has 6 heteroatoms. The second-order valence-electron chi connectivity index (χ2n) is 5.36. The summed E-state index contributed by atoms with van der Waals surface area (Å²) < 4.78 is 5.39. The lowest BCUT2D eigenvalue weighted by molar-refractivity contribution is 0.0223. The number of carbonyl (C=O) groups is 1. The number of aromatic nitrogens is 1. The summed E-state index contributed by atoms with van der Waals surface area (Å²) in [6, 6.07) is 3.10. The SMILES string of the molecule is CCN(C(=O)OC(C)(C)C)[C@@H](C(N)=S)c1cccnc1. The highest BCUT2D eigenvalue weighted by molar-refractivity contribution is 7.80. The molecule has 20 heavy (non-hydrogen) atoms. The van der Waals surface area contributed by atoms with E-state index in [1.165, 1.54) is 4.90 Å². The van der Waals surface area contributed by atoms with Gasteiger partial charge in [0.2, 0.25) is 0 Å². The molecule has 0 aromatic carbocycles. The van der Waals surface area contributed by atoms with E-state index in [-0.39, 0.29) is 4.99 Å². The highest BCUT2D eigenvalue weighted by Gasteiger charge is 2.30. The Morgan fingerprint density at radius 2 is 2.20 bits per heavy atom. The fourth-order valence-electron chi connectivity index (χ4n) is 1.77. The predicted octanol–water partition coefficient (Wildman–Crippen LogP) is 2.67. The smallest absolute Gasteiger partial charge is 0.411 e. The van der Waals surface area contributed by atoms with Gasteiger partial charge in [0.25, 0.3) is 0 Å². The molecule has 0 aliphatic rings. The predicted molar refractivity (Wildman–Crippen MR) is 82.4 cm³/mol. The topological polar surface area (TPSA) is 68.5 Å². The van der Waals surface area contributed by atoms with Crippen LogP contribution in [0.2, 0.25) is 0 Å². The molecule has 0 aliphatic carbocycles. The van der Waals surface area contributed by atoms with E-state index in [1.54, 1.807) is 18.5 Å². The van der Waals surface area contributed by atoms with E-state index < -0.39 is 17.7 Å². The van der Waals surface area contributed by atoms with Gasteiger partial charge in [0.15, 0.2) is 0 Å². The lowest BCUT2D eigenvalue weighted by Crippen LogP contribution is -2.43. The van der Waals surface area contributed by atoms with Crippen molar-refractivity contribution in [1.82, 2.24) is 9.88 Å². The molecule has 0 bridgehead atoms. The van der Waals surface area contributed by atoms with Crippen molar-refractivity contribution < 1.29 is 9.53 Å². The Labute approximate surface area is 125 Å². The number of carbonyl (C=O) groups excluding carboxylic acids is 1. The maximum atomic E-state index is 12.3. The molecular formula is C14H21N3O2S. The lowest BCUT2D eigenvalue weighted by Gasteiger charge is -2.32. The third-order valence-electron chi connectivity index (χ3n) is 2.55. The molecule has 0 radical (unpaired) electrons. The van der Waals surface area contributed by atoms with E-state index in [1.807, 2.05) is 33.8 Å². The van der Waals surface area contributed by atoms with E-state index in [0.29, 0.717) is 6.54 Å².